The normalized spacial score (nSPS) is 12.3. The Kier molecular flexibility index (Phi) is 3.09. The summed E-state index contributed by atoms with van der Waals surface area (Å²) in [6, 6.07) is 15.5. The van der Waals surface area contributed by atoms with Crippen LogP contribution in [0.1, 0.15) is 13.8 Å². The Morgan fingerprint density at radius 1 is 0.870 bits per heavy atom. The Bertz CT molecular complexity index is 899. The van der Waals surface area contributed by atoms with Crippen LogP contribution in [0.3, 0.4) is 0 Å². The molecule has 0 atom stereocenters. The summed E-state index contributed by atoms with van der Waals surface area (Å²) < 4.78 is 9.54. The van der Waals surface area contributed by atoms with Gasteiger partial charge in [-0.25, -0.2) is 0 Å². The molecule has 7 heteroatoms. The van der Waals surface area contributed by atoms with E-state index in [1.807, 2.05) is 62.4 Å². The average molecular weight is 308 g/mol. The van der Waals surface area contributed by atoms with Crippen molar-refractivity contribution in [2.75, 3.05) is 6.61 Å². The zero-order chi connectivity index (χ0) is 15.9. The van der Waals surface area contributed by atoms with Gasteiger partial charge in [0.2, 0.25) is 0 Å². The molecule has 2 aromatic heterocycles. The van der Waals surface area contributed by atoms with Crippen molar-refractivity contribution in [2.24, 2.45) is 0 Å². The highest BCUT2D eigenvalue weighted by Crippen LogP contribution is 2.27. The predicted octanol–water partition coefficient (Wildman–Crippen LogP) is 2.39. The standard InChI is InChI=1S/C16H16N6O/c1-3-23-16(2,21-14-10-6-4-8-12(14)17-19-21)22-15-11-7-5-9-13(15)18-20-22/h4-11H,3H2,1-2H3. The molecule has 0 saturated heterocycles. The van der Waals surface area contributed by atoms with Gasteiger partial charge in [-0.05, 0) is 31.2 Å². The van der Waals surface area contributed by atoms with E-state index in [9.17, 15) is 0 Å². The van der Waals surface area contributed by atoms with Crippen molar-refractivity contribution in [3.8, 4) is 0 Å². The first-order valence-corrected chi connectivity index (χ1v) is 7.50. The van der Waals surface area contributed by atoms with Crippen LogP contribution in [0.25, 0.3) is 22.1 Å². The second kappa shape index (κ2) is 5.13. The second-order valence-electron chi connectivity index (χ2n) is 5.35. The zero-order valence-electron chi connectivity index (χ0n) is 12.9. The maximum Gasteiger partial charge on any atom is 0.260 e. The maximum atomic E-state index is 6.06. The lowest BCUT2D eigenvalue weighted by atomic mass is 10.3. The van der Waals surface area contributed by atoms with Crippen molar-refractivity contribution >= 4 is 22.1 Å². The molecule has 0 radical (unpaired) electrons. The molecule has 7 nitrogen and oxygen atoms in total. The molecule has 0 saturated carbocycles. The number of nitrogens with zero attached hydrogens (tertiary/aromatic N) is 6. The van der Waals surface area contributed by atoms with Crippen molar-refractivity contribution < 1.29 is 4.74 Å². The number of aromatic nitrogens is 6. The second-order valence-corrected chi connectivity index (χ2v) is 5.35. The topological polar surface area (TPSA) is 70.7 Å². The van der Waals surface area contributed by atoms with Crippen molar-refractivity contribution in [2.45, 2.75) is 19.7 Å². The van der Waals surface area contributed by atoms with Gasteiger partial charge in [-0.2, -0.15) is 9.36 Å². The van der Waals surface area contributed by atoms with Crippen molar-refractivity contribution in [3.63, 3.8) is 0 Å². The van der Waals surface area contributed by atoms with Crippen LogP contribution in [0.2, 0.25) is 0 Å². The zero-order valence-corrected chi connectivity index (χ0v) is 12.9. The summed E-state index contributed by atoms with van der Waals surface area (Å²) in [6.45, 7) is 4.36. The monoisotopic (exact) mass is 308 g/mol. The molecule has 0 fully saturated rings. The fraction of sp³-hybridized carbons (Fsp3) is 0.250. The van der Waals surface area contributed by atoms with E-state index in [1.54, 1.807) is 9.36 Å². The molecule has 0 unspecified atom stereocenters. The molecule has 2 aromatic carbocycles. The van der Waals surface area contributed by atoms with Crippen LogP contribution in [0.5, 0.6) is 0 Å². The van der Waals surface area contributed by atoms with Crippen LogP contribution < -0.4 is 0 Å². The highest BCUT2D eigenvalue weighted by Gasteiger charge is 2.35. The van der Waals surface area contributed by atoms with E-state index < -0.39 is 5.85 Å². The molecule has 4 rings (SSSR count). The Morgan fingerprint density at radius 2 is 1.35 bits per heavy atom. The van der Waals surface area contributed by atoms with Crippen LogP contribution >= 0.6 is 0 Å². The molecule has 0 aliphatic rings. The van der Waals surface area contributed by atoms with Crippen LogP contribution in [0.15, 0.2) is 48.5 Å². The molecule has 116 valence electrons. The number of fused-ring (bicyclic) bond motifs is 2. The van der Waals surface area contributed by atoms with Crippen molar-refractivity contribution in [1.29, 1.82) is 0 Å². The SMILES string of the molecule is CCOC(C)(n1nnc2ccccc21)n1nnc2ccccc21. The lowest BCUT2D eigenvalue weighted by Gasteiger charge is -2.30. The number of rotatable bonds is 4. The van der Waals surface area contributed by atoms with E-state index >= 15 is 0 Å². The van der Waals surface area contributed by atoms with E-state index in [1.165, 1.54) is 0 Å². The van der Waals surface area contributed by atoms with Gasteiger partial charge < -0.3 is 4.74 Å². The minimum absolute atomic E-state index is 0.499. The van der Waals surface area contributed by atoms with Crippen LogP contribution in [0, 0.1) is 0 Å². The van der Waals surface area contributed by atoms with Crippen molar-refractivity contribution in [3.05, 3.63) is 48.5 Å². The van der Waals surface area contributed by atoms with E-state index in [0.717, 1.165) is 22.1 Å². The van der Waals surface area contributed by atoms with E-state index in [-0.39, 0.29) is 0 Å². The summed E-state index contributed by atoms with van der Waals surface area (Å²) in [5, 5.41) is 17.1. The first kappa shape index (κ1) is 13.8. The first-order valence-electron chi connectivity index (χ1n) is 7.50. The molecule has 0 aliphatic heterocycles. The fourth-order valence-electron chi connectivity index (χ4n) is 2.84. The van der Waals surface area contributed by atoms with Crippen LogP contribution in [-0.2, 0) is 10.6 Å². The molecule has 2 heterocycles. The summed E-state index contributed by atoms with van der Waals surface area (Å²) in [4.78, 5) is 0. The summed E-state index contributed by atoms with van der Waals surface area (Å²) in [6.07, 6.45) is 0. The highest BCUT2D eigenvalue weighted by atomic mass is 16.5. The molecular formula is C16H16N6O. The van der Waals surface area contributed by atoms with E-state index in [4.69, 9.17) is 4.74 Å². The third-order valence-corrected chi connectivity index (χ3v) is 3.91. The molecule has 0 amide bonds. The van der Waals surface area contributed by atoms with Crippen molar-refractivity contribution in [1.82, 2.24) is 30.0 Å². The third kappa shape index (κ3) is 2.01. The quantitative estimate of drug-likeness (QED) is 0.579. The van der Waals surface area contributed by atoms with Gasteiger partial charge in [0.1, 0.15) is 11.0 Å². The highest BCUT2D eigenvalue weighted by molar-refractivity contribution is 5.75. The van der Waals surface area contributed by atoms with Gasteiger partial charge in [-0.1, -0.05) is 34.7 Å². The van der Waals surface area contributed by atoms with Gasteiger partial charge in [0.25, 0.3) is 5.85 Å². The first-order chi connectivity index (χ1) is 11.2. The molecule has 4 aromatic rings. The average Bonchev–Trinajstić information content (AvgIpc) is 3.20. The molecule has 0 N–H and O–H groups in total. The van der Waals surface area contributed by atoms with Gasteiger partial charge in [-0.3, -0.25) is 0 Å². The largest absolute Gasteiger partial charge is 0.336 e. The van der Waals surface area contributed by atoms with E-state index in [2.05, 4.69) is 20.6 Å². The maximum absolute atomic E-state index is 6.06. The van der Waals surface area contributed by atoms with Gasteiger partial charge >= 0.3 is 0 Å². The smallest absolute Gasteiger partial charge is 0.260 e. The van der Waals surface area contributed by atoms with Gasteiger partial charge in [0.15, 0.2) is 0 Å². The number of para-hydroxylation sites is 2. The Morgan fingerprint density at radius 3 is 1.83 bits per heavy atom. The summed E-state index contributed by atoms with van der Waals surface area (Å²) in [5.74, 6) is -0.957. The van der Waals surface area contributed by atoms with Gasteiger partial charge in [-0.15, -0.1) is 10.2 Å². The Hall–Kier alpha value is -2.80. The fourth-order valence-corrected chi connectivity index (χ4v) is 2.84. The lowest BCUT2D eigenvalue weighted by Crippen LogP contribution is -2.42. The third-order valence-electron chi connectivity index (χ3n) is 3.91. The number of hydrogen-bond donors (Lipinski definition) is 0. The van der Waals surface area contributed by atoms with E-state index in [0.29, 0.717) is 6.61 Å². The number of hydrogen-bond acceptors (Lipinski definition) is 5. The Balaban J connectivity index is 1.99. The molecule has 23 heavy (non-hydrogen) atoms. The number of benzene rings is 2. The summed E-state index contributed by atoms with van der Waals surface area (Å²) in [5.41, 5.74) is 3.37. The minimum Gasteiger partial charge on any atom is -0.336 e. The molecular weight excluding hydrogens is 292 g/mol. The van der Waals surface area contributed by atoms with Gasteiger partial charge in [0, 0.05) is 13.5 Å². The lowest BCUT2D eigenvalue weighted by molar-refractivity contribution is -0.124. The predicted molar refractivity (Wildman–Crippen MR) is 85.7 cm³/mol. The molecule has 0 bridgehead atoms. The number of ether oxygens (including phenoxy) is 1. The minimum atomic E-state index is -0.957. The van der Waals surface area contributed by atoms with Crippen LogP contribution in [0.4, 0.5) is 0 Å². The Labute approximate surface area is 132 Å². The molecule has 0 spiro atoms. The molecule has 0 aliphatic carbocycles. The van der Waals surface area contributed by atoms with Gasteiger partial charge in [0.05, 0.1) is 11.0 Å². The summed E-state index contributed by atoms with van der Waals surface area (Å²) >= 11 is 0. The summed E-state index contributed by atoms with van der Waals surface area (Å²) in [7, 11) is 0. The van der Waals surface area contributed by atoms with Crippen LogP contribution in [-0.4, -0.2) is 36.6 Å².